The molecular formula is C8H12N2O3. The Kier molecular flexibility index (Phi) is 3.45. The van der Waals surface area contributed by atoms with E-state index in [1.165, 1.54) is 12.5 Å². The zero-order valence-corrected chi connectivity index (χ0v) is 7.61. The van der Waals surface area contributed by atoms with Gasteiger partial charge in [0.05, 0.1) is 6.20 Å². The minimum absolute atomic E-state index is 0.204. The molecule has 0 aliphatic carbocycles. The van der Waals surface area contributed by atoms with Crippen LogP contribution in [0.2, 0.25) is 0 Å². The first-order chi connectivity index (χ1) is 6.24. The first kappa shape index (κ1) is 9.73. The second-order valence-electron chi connectivity index (χ2n) is 2.50. The van der Waals surface area contributed by atoms with Crippen molar-refractivity contribution in [3.05, 3.63) is 12.5 Å². The number of carbonyl (C=O) groups is 1. The SMILES string of the molecule is CCOC(C)C(=O)Nc1cnoc1. The normalized spacial score (nSPS) is 12.5. The summed E-state index contributed by atoms with van der Waals surface area (Å²) in [5.74, 6) is -0.204. The van der Waals surface area contributed by atoms with Gasteiger partial charge in [-0.25, -0.2) is 0 Å². The van der Waals surface area contributed by atoms with Crippen LogP contribution in [-0.2, 0) is 9.53 Å². The van der Waals surface area contributed by atoms with Gasteiger partial charge in [0.1, 0.15) is 18.1 Å². The Balaban J connectivity index is 2.41. The van der Waals surface area contributed by atoms with Crippen molar-refractivity contribution in [2.75, 3.05) is 11.9 Å². The fourth-order valence-electron chi connectivity index (χ4n) is 0.836. The Bertz CT molecular complexity index is 258. The number of hydrogen-bond donors (Lipinski definition) is 1. The molecule has 1 unspecified atom stereocenters. The first-order valence-electron chi connectivity index (χ1n) is 4.06. The molecule has 0 aliphatic rings. The molecule has 1 rings (SSSR count). The molecule has 13 heavy (non-hydrogen) atoms. The van der Waals surface area contributed by atoms with Gasteiger partial charge in [-0.05, 0) is 13.8 Å². The third-order valence-electron chi connectivity index (χ3n) is 1.49. The van der Waals surface area contributed by atoms with Crippen LogP contribution in [0.5, 0.6) is 0 Å². The molecule has 0 saturated carbocycles. The smallest absolute Gasteiger partial charge is 0.253 e. The number of nitrogens with zero attached hydrogens (tertiary/aromatic N) is 1. The van der Waals surface area contributed by atoms with Crippen molar-refractivity contribution in [1.82, 2.24) is 5.16 Å². The molecular weight excluding hydrogens is 172 g/mol. The first-order valence-corrected chi connectivity index (χ1v) is 4.06. The molecule has 0 saturated heterocycles. The molecule has 1 aromatic rings. The van der Waals surface area contributed by atoms with Crippen molar-refractivity contribution >= 4 is 11.6 Å². The third kappa shape index (κ3) is 2.87. The number of ether oxygens (including phenoxy) is 1. The van der Waals surface area contributed by atoms with Gasteiger partial charge in [-0.1, -0.05) is 5.16 Å². The molecule has 0 bridgehead atoms. The van der Waals surface area contributed by atoms with Crippen LogP contribution in [0, 0.1) is 0 Å². The summed E-state index contributed by atoms with van der Waals surface area (Å²) in [5.41, 5.74) is 0.538. The van der Waals surface area contributed by atoms with E-state index in [0.717, 1.165) is 0 Å². The molecule has 1 N–H and O–H groups in total. The lowest BCUT2D eigenvalue weighted by molar-refractivity contribution is -0.126. The Labute approximate surface area is 76.0 Å². The number of anilines is 1. The Morgan fingerprint density at radius 3 is 3.15 bits per heavy atom. The minimum atomic E-state index is -0.458. The standard InChI is InChI=1S/C8H12N2O3/c1-3-12-6(2)8(11)10-7-4-9-13-5-7/h4-6H,3H2,1-2H3,(H,10,11). The summed E-state index contributed by atoms with van der Waals surface area (Å²) in [6.45, 7) is 4.04. The average molecular weight is 184 g/mol. The largest absolute Gasteiger partial charge is 0.369 e. The van der Waals surface area contributed by atoms with E-state index >= 15 is 0 Å². The van der Waals surface area contributed by atoms with Crippen LogP contribution >= 0.6 is 0 Å². The van der Waals surface area contributed by atoms with Crippen LogP contribution in [0.25, 0.3) is 0 Å². The zero-order chi connectivity index (χ0) is 9.68. The fraction of sp³-hybridized carbons (Fsp3) is 0.500. The average Bonchev–Trinajstić information content (AvgIpc) is 2.57. The summed E-state index contributed by atoms with van der Waals surface area (Å²) in [7, 11) is 0. The number of carbonyl (C=O) groups excluding carboxylic acids is 1. The van der Waals surface area contributed by atoms with Gasteiger partial charge in [-0.3, -0.25) is 4.79 Å². The molecule has 0 radical (unpaired) electrons. The maximum atomic E-state index is 11.3. The lowest BCUT2D eigenvalue weighted by atomic mass is 10.3. The number of rotatable bonds is 4. The highest BCUT2D eigenvalue weighted by Gasteiger charge is 2.12. The van der Waals surface area contributed by atoms with Gasteiger partial charge in [-0.15, -0.1) is 0 Å². The number of amides is 1. The second kappa shape index (κ2) is 4.61. The summed E-state index contributed by atoms with van der Waals surface area (Å²) >= 11 is 0. The van der Waals surface area contributed by atoms with Crippen LogP contribution in [-0.4, -0.2) is 23.8 Å². The second-order valence-corrected chi connectivity index (χ2v) is 2.50. The van der Waals surface area contributed by atoms with Gasteiger partial charge in [0.15, 0.2) is 0 Å². The molecule has 5 nitrogen and oxygen atoms in total. The summed E-state index contributed by atoms with van der Waals surface area (Å²) in [4.78, 5) is 11.3. The van der Waals surface area contributed by atoms with Crippen molar-refractivity contribution in [3.63, 3.8) is 0 Å². The molecule has 1 amide bonds. The quantitative estimate of drug-likeness (QED) is 0.759. The van der Waals surface area contributed by atoms with E-state index < -0.39 is 6.10 Å². The van der Waals surface area contributed by atoms with Gasteiger partial charge in [-0.2, -0.15) is 0 Å². The van der Waals surface area contributed by atoms with Crippen LogP contribution in [0.3, 0.4) is 0 Å². The van der Waals surface area contributed by atoms with E-state index in [1.54, 1.807) is 6.92 Å². The maximum absolute atomic E-state index is 11.3. The van der Waals surface area contributed by atoms with Crippen LogP contribution < -0.4 is 5.32 Å². The highest BCUT2D eigenvalue weighted by molar-refractivity contribution is 5.93. The third-order valence-corrected chi connectivity index (χ3v) is 1.49. The molecule has 1 heterocycles. The van der Waals surface area contributed by atoms with Crippen molar-refractivity contribution < 1.29 is 14.1 Å². The van der Waals surface area contributed by atoms with E-state index in [-0.39, 0.29) is 5.91 Å². The van der Waals surface area contributed by atoms with Gasteiger partial charge in [0.2, 0.25) is 0 Å². The number of aromatic nitrogens is 1. The predicted octanol–water partition coefficient (Wildman–Crippen LogP) is 1.04. The lowest BCUT2D eigenvalue weighted by Crippen LogP contribution is -2.27. The van der Waals surface area contributed by atoms with Crippen molar-refractivity contribution in [2.24, 2.45) is 0 Å². The zero-order valence-electron chi connectivity index (χ0n) is 7.61. The Morgan fingerprint density at radius 2 is 2.62 bits per heavy atom. The highest BCUT2D eigenvalue weighted by atomic mass is 16.5. The van der Waals surface area contributed by atoms with Gasteiger partial charge >= 0.3 is 0 Å². The van der Waals surface area contributed by atoms with Crippen molar-refractivity contribution in [2.45, 2.75) is 20.0 Å². The van der Waals surface area contributed by atoms with Gasteiger partial charge < -0.3 is 14.6 Å². The van der Waals surface area contributed by atoms with Gasteiger partial charge in [0, 0.05) is 6.61 Å². The summed E-state index contributed by atoms with van der Waals surface area (Å²) < 4.78 is 9.64. The Hall–Kier alpha value is -1.36. The van der Waals surface area contributed by atoms with Crippen LogP contribution in [0.15, 0.2) is 17.0 Å². The molecule has 5 heteroatoms. The molecule has 0 fully saturated rings. The van der Waals surface area contributed by atoms with Crippen molar-refractivity contribution in [1.29, 1.82) is 0 Å². The fourth-order valence-corrected chi connectivity index (χ4v) is 0.836. The molecule has 0 aliphatic heterocycles. The highest BCUT2D eigenvalue weighted by Crippen LogP contribution is 2.04. The van der Waals surface area contributed by atoms with E-state index in [9.17, 15) is 4.79 Å². The molecule has 1 atom stereocenters. The maximum Gasteiger partial charge on any atom is 0.253 e. The molecule has 0 aromatic carbocycles. The summed E-state index contributed by atoms with van der Waals surface area (Å²) in [6, 6.07) is 0. The van der Waals surface area contributed by atoms with E-state index in [4.69, 9.17) is 4.74 Å². The van der Waals surface area contributed by atoms with E-state index in [2.05, 4.69) is 15.0 Å². The molecule has 72 valence electrons. The lowest BCUT2D eigenvalue weighted by Gasteiger charge is -2.09. The summed E-state index contributed by atoms with van der Waals surface area (Å²) in [5, 5.41) is 6.04. The Morgan fingerprint density at radius 1 is 1.85 bits per heavy atom. The monoisotopic (exact) mass is 184 g/mol. The van der Waals surface area contributed by atoms with E-state index in [0.29, 0.717) is 12.3 Å². The predicted molar refractivity (Wildman–Crippen MR) is 46.2 cm³/mol. The molecule has 0 spiro atoms. The summed E-state index contributed by atoms with van der Waals surface area (Å²) in [6.07, 6.45) is 2.33. The number of hydrogen-bond acceptors (Lipinski definition) is 4. The van der Waals surface area contributed by atoms with Gasteiger partial charge in [0.25, 0.3) is 5.91 Å². The van der Waals surface area contributed by atoms with E-state index in [1.807, 2.05) is 6.92 Å². The number of nitrogens with one attached hydrogen (secondary N) is 1. The molecule has 1 aromatic heterocycles. The topological polar surface area (TPSA) is 64.4 Å². The minimum Gasteiger partial charge on any atom is -0.369 e. The van der Waals surface area contributed by atoms with Crippen LogP contribution in [0.1, 0.15) is 13.8 Å². The van der Waals surface area contributed by atoms with Crippen molar-refractivity contribution in [3.8, 4) is 0 Å². The van der Waals surface area contributed by atoms with Crippen LogP contribution in [0.4, 0.5) is 5.69 Å².